The second kappa shape index (κ2) is 4.79. The highest BCUT2D eigenvalue weighted by atomic mass is 79.9. The van der Waals surface area contributed by atoms with E-state index >= 15 is 0 Å². The van der Waals surface area contributed by atoms with E-state index in [4.69, 9.17) is 0 Å². The highest BCUT2D eigenvalue weighted by Gasteiger charge is 2.16. The van der Waals surface area contributed by atoms with Crippen LogP contribution in [-0.2, 0) is 5.41 Å². The molecule has 0 aliphatic rings. The Balaban J connectivity index is 2.97. The molecule has 0 aliphatic heterocycles. The van der Waals surface area contributed by atoms with E-state index in [9.17, 15) is 0 Å². The summed E-state index contributed by atoms with van der Waals surface area (Å²) in [5.41, 5.74) is 2.86. The molecule has 0 unspecified atom stereocenters. The van der Waals surface area contributed by atoms with Gasteiger partial charge in [-0.3, -0.25) is 0 Å². The van der Waals surface area contributed by atoms with Crippen molar-refractivity contribution in [2.24, 2.45) is 0 Å². The first-order valence-electron chi connectivity index (χ1n) is 4.86. The van der Waals surface area contributed by atoms with Crippen LogP contribution < -0.4 is 0 Å². The van der Waals surface area contributed by atoms with Crippen LogP contribution in [0.3, 0.4) is 0 Å². The Kier molecular flexibility index (Phi) is 3.94. The van der Waals surface area contributed by atoms with E-state index in [-0.39, 0.29) is 5.41 Å². The molecule has 0 radical (unpaired) electrons. The Labute approximate surface area is 95.2 Å². The molecular weight excluding hydrogens is 236 g/mol. The monoisotopic (exact) mass is 252 g/mol. The van der Waals surface area contributed by atoms with Crippen LogP contribution >= 0.6 is 15.9 Å². The van der Waals surface area contributed by atoms with Crippen LogP contribution in [0.4, 0.5) is 0 Å². The van der Waals surface area contributed by atoms with E-state index in [0.29, 0.717) is 0 Å². The molecule has 0 bridgehead atoms. The van der Waals surface area contributed by atoms with E-state index in [0.717, 1.165) is 5.33 Å². The van der Waals surface area contributed by atoms with Gasteiger partial charge in [-0.15, -0.1) is 0 Å². The van der Waals surface area contributed by atoms with Gasteiger partial charge in [0, 0.05) is 10.7 Å². The number of allylic oxidation sites excluding steroid dienone is 2. The van der Waals surface area contributed by atoms with E-state index in [1.165, 1.54) is 11.1 Å². The molecule has 14 heavy (non-hydrogen) atoms. The fourth-order valence-corrected chi connectivity index (χ4v) is 1.77. The van der Waals surface area contributed by atoms with Crippen molar-refractivity contribution in [3.63, 3.8) is 0 Å². The maximum Gasteiger partial charge on any atom is 0.0239 e. The third kappa shape index (κ3) is 2.98. The van der Waals surface area contributed by atoms with Crippen molar-refractivity contribution >= 4 is 15.9 Å². The summed E-state index contributed by atoms with van der Waals surface area (Å²) in [6.45, 7) is 6.64. The molecule has 0 N–H and O–H groups in total. The first kappa shape index (κ1) is 11.5. The number of halogens is 1. The maximum absolute atomic E-state index is 3.47. The lowest BCUT2D eigenvalue weighted by Gasteiger charge is -2.22. The zero-order chi connectivity index (χ0) is 10.6. The van der Waals surface area contributed by atoms with Gasteiger partial charge in [-0.2, -0.15) is 0 Å². The fraction of sp³-hybridized carbons (Fsp3) is 0.385. The van der Waals surface area contributed by atoms with Crippen molar-refractivity contribution in [1.82, 2.24) is 0 Å². The second-order valence-electron chi connectivity index (χ2n) is 4.21. The van der Waals surface area contributed by atoms with Crippen molar-refractivity contribution in [3.8, 4) is 0 Å². The van der Waals surface area contributed by atoms with Crippen LogP contribution in [0.15, 0.2) is 42.0 Å². The standard InChI is InChI=1S/C13H17Br/c1-11(10-14)9-13(2,3)12-7-5-4-6-8-12/h4-9H,10H2,1-3H3. The topological polar surface area (TPSA) is 0 Å². The zero-order valence-electron chi connectivity index (χ0n) is 9.05. The van der Waals surface area contributed by atoms with E-state index < -0.39 is 0 Å². The van der Waals surface area contributed by atoms with Crippen molar-refractivity contribution in [1.29, 1.82) is 0 Å². The summed E-state index contributed by atoms with van der Waals surface area (Å²) in [5, 5.41) is 0.948. The molecule has 76 valence electrons. The van der Waals surface area contributed by atoms with Crippen LogP contribution in [0, 0.1) is 0 Å². The molecule has 0 atom stereocenters. The van der Waals surface area contributed by atoms with Gasteiger partial charge in [-0.25, -0.2) is 0 Å². The van der Waals surface area contributed by atoms with Gasteiger partial charge in [0.1, 0.15) is 0 Å². The van der Waals surface area contributed by atoms with Crippen LogP contribution in [0.5, 0.6) is 0 Å². The van der Waals surface area contributed by atoms with Gasteiger partial charge < -0.3 is 0 Å². The third-order valence-corrected chi connectivity index (χ3v) is 3.22. The molecule has 0 saturated heterocycles. The lowest BCUT2D eigenvalue weighted by Crippen LogP contribution is -2.14. The number of alkyl halides is 1. The molecule has 1 aromatic rings. The summed E-state index contributed by atoms with van der Waals surface area (Å²) < 4.78 is 0. The molecule has 1 heteroatoms. The molecular formula is C13H17Br. The van der Waals surface area contributed by atoms with E-state index in [1.807, 2.05) is 0 Å². The van der Waals surface area contributed by atoms with Gasteiger partial charge in [0.15, 0.2) is 0 Å². The Morgan fingerprint density at radius 2 is 1.86 bits per heavy atom. The SMILES string of the molecule is CC(=CC(C)(C)c1ccccc1)CBr. The Hall–Kier alpha value is -0.560. The molecule has 0 spiro atoms. The summed E-state index contributed by atoms with van der Waals surface area (Å²) in [6.07, 6.45) is 2.32. The Morgan fingerprint density at radius 3 is 2.36 bits per heavy atom. The molecule has 0 amide bonds. The van der Waals surface area contributed by atoms with Gasteiger partial charge in [0.2, 0.25) is 0 Å². The number of benzene rings is 1. The minimum atomic E-state index is 0.124. The number of hydrogen-bond donors (Lipinski definition) is 0. The lowest BCUT2D eigenvalue weighted by molar-refractivity contribution is 0.664. The molecule has 1 aromatic carbocycles. The molecule has 0 heterocycles. The third-order valence-electron chi connectivity index (χ3n) is 2.34. The normalized spacial score (nSPS) is 13.0. The zero-order valence-corrected chi connectivity index (χ0v) is 10.6. The van der Waals surface area contributed by atoms with Crippen LogP contribution in [-0.4, -0.2) is 5.33 Å². The largest absolute Gasteiger partial charge is 0.0880 e. The molecule has 0 aliphatic carbocycles. The minimum absolute atomic E-state index is 0.124. The molecule has 0 aromatic heterocycles. The first-order valence-corrected chi connectivity index (χ1v) is 5.98. The van der Waals surface area contributed by atoms with Gasteiger partial charge in [0.25, 0.3) is 0 Å². The summed E-state index contributed by atoms with van der Waals surface area (Å²) in [5.74, 6) is 0. The van der Waals surface area contributed by atoms with Gasteiger partial charge in [0.05, 0.1) is 0 Å². The maximum atomic E-state index is 3.47. The lowest BCUT2D eigenvalue weighted by atomic mass is 9.83. The summed E-state index contributed by atoms with van der Waals surface area (Å²) >= 11 is 3.47. The van der Waals surface area contributed by atoms with Gasteiger partial charge in [-0.1, -0.05) is 71.8 Å². The molecule has 0 saturated carbocycles. The Bertz CT molecular complexity index is 309. The average molecular weight is 253 g/mol. The summed E-state index contributed by atoms with van der Waals surface area (Å²) in [4.78, 5) is 0. The molecule has 0 fully saturated rings. The predicted molar refractivity (Wildman–Crippen MR) is 67.0 cm³/mol. The van der Waals surface area contributed by atoms with Gasteiger partial charge >= 0.3 is 0 Å². The van der Waals surface area contributed by atoms with E-state index in [1.54, 1.807) is 0 Å². The summed E-state index contributed by atoms with van der Waals surface area (Å²) in [7, 11) is 0. The smallest absolute Gasteiger partial charge is 0.0239 e. The van der Waals surface area contributed by atoms with Crippen molar-refractivity contribution in [2.75, 3.05) is 5.33 Å². The highest BCUT2D eigenvalue weighted by molar-refractivity contribution is 9.09. The van der Waals surface area contributed by atoms with E-state index in [2.05, 4.69) is 73.1 Å². The molecule has 1 rings (SSSR count). The first-order chi connectivity index (χ1) is 6.56. The number of rotatable bonds is 3. The van der Waals surface area contributed by atoms with Crippen molar-refractivity contribution < 1.29 is 0 Å². The van der Waals surface area contributed by atoms with Gasteiger partial charge in [-0.05, 0) is 12.5 Å². The number of hydrogen-bond acceptors (Lipinski definition) is 0. The van der Waals surface area contributed by atoms with Crippen molar-refractivity contribution in [3.05, 3.63) is 47.5 Å². The second-order valence-corrected chi connectivity index (χ2v) is 4.77. The average Bonchev–Trinajstić information content (AvgIpc) is 2.18. The fourth-order valence-electron chi connectivity index (χ4n) is 1.61. The predicted octanol–water partition coefficient (Wildman–Crippen LogP) is 4.31. The van der Waals surface area contributed by atoms with Crippen LogP contribution in [0.2, 0.25) is 0 Å². The quantitative estimate of drug-likeness (QED) is 0.556. The Morgan fingerprint density at radius 1 is 1.29 bits per heavy atom. The summed E-state index contributed by atoms with van der Waals surface area (Å²) in [6, 6.07) is 10.6. The van der Waals surface area contributed by atoms with Crippen molar-refractivity contribution in [2.45, 2.75) is 26.2 Å². The highest BCUT2D eigenvalue weighted by Crippen LogP contribution is 2.25. The minimum Gasteiger partial charge on any atom is -0.0880 e. The molecule has 0 nitrogen and oxygen atoms in total. The van der Waals surface area contributed by atoms with Crippen LogP contribution in [0.1, 0.15) is 26.3 Å². The van der Waals surface area contributed by atoms with Crippen LogP contribution in [0.25, 0.3) is 0 Å².